The Bertz CT molecular complexity index is 669. The lowest BCUT2D eigenvalue weighted by Crippen LogP contribution is -2.36. The third kappa shape index (κ3) is 1.98. The number of amides is 2. The zero-order valence-electron chi connectivity index (χ0n) is 10.8. The van der Waals surface area contributed by atoms with Crippen molar-refractivity contribution in [1.29, 1.82) is 0 Å². The molecule has 8 heteroatoms. The summed E-state index contributed by atoms with van der Waals surface area (Å²) in [4.78, 5) is 25.3. The van der Waals surface area contributed by atoms with Gasteiger partial charge < -0.3 is 0 Å². The molecule has 2 heterocycles. The lowest BCUT2D eigenvalue weighted by Gasteiger charge is -2.17. The number of hydrazone groups is 1. The standard InChI is InChI=1S/C13H10F3N3O2/c1-6-9-10(18-17-6)12(21)19(11(9)20)8-4-2-3-7(5-8)13(14,15)16/h2-5,9-10,18H,1H3/t9-,10+/m0/s1. The third-order valence-electron chi connectivity index (χ3n) is 3.57. The maximum atomic E-state index is 12.7. The zero-order chi connectivity index (χ0) is 15.4. The fourth-order valence-electron chi connectivity index (χ4n) is 2.54. The van der Waals surface area contributed by atoms with Crippen LogP contribution in [-0.2, 0) is 15.8 Å². The van der Waals surface area contributed by atoms with Gasteiger partial charge in [0.25, 0.3) is 5.91 Å². The molecule has 0 aromatic heterocycles. The number of alkyl halides is 3. The van der Waals surface area contributed by atoms with E-state index in [9.17, 15) is 22.8 Å². The van der Waals surface area contributed by atoms with Crippen molar-refractivity contribution in [3.05, 3.63) is 29.8 Å². The van der Waals surface area contributed by atoms with Crippen molar-refractivity contribution >= 4 is 23.2 Å². The second-order valence-corrected chi connectivity index (χ2v) is 4.90. The van der Waals surface area contributed by atoms with E-state index in [0.717, 1.165) is 17.0 Å². The molecule has 2 amide bonds. The molecule has 0 saturated carbocycles. The van der Waals surface area contributed by atoms with Gasteiger partial charge in [-0.1, -0.05) is 6.07 Å². The first-order chi connectivity index (χ1) is 9.80. The molecule has 1 aromatic carbocycles. The second-order valence-electron chi connectivity index (χ2n) is 4.90. The second kappa shape index (κ2) is 4.31. The highest BCUT2D eigenvalue weighted by molar-refractivity contribution is 6.30. The lowest BCUT2D eigenvalue weighted by atomic mass is 10.0. The molecule has 1 N–H and O–H groups in total. The molecule has 1 saturated heterocycles. The minimum absolute atomic E-state index is 0.0798. The first kappa shape index (κ1) is 13.6. The minimum Gasteiger partial charge on any atom is -0.296 e. The number of rotatable bonds is 1. The molecular formula is C13H10F3N3O2. The highest BCUT2D eigenvalue weighted by Gasteiger charge is 2.52. The van der Waals surface area contributed by atoms with E-state index < -0.39 is 35.5 Å². The number of nitrogens with one attached hydrogen (secondary N) is 1. The summed E-state index contributed by atoms with van der Waals surface area (Å²) in [5, 5.41) is 3.82. The number of carbonyl (C=O) groups is 2. The Morgan fingerprint density at radius 2 is 1.95 bits per heavy atom. The number of halogens is 3. The molecule has 21 heavy (non-hydrogen) atoms. The Kier molecular flexibility index (Phi) is 2.79. The summed E-state index contributed by atoms with van der Waals surface area (Å²) in [6.07, 6.45) is -4.53. The molecule has 3 rings (SSSR count). The van der Waals surface area contributed by atoms with E-state index in [1.807, 2.05) is 0 Å². The smallest absolute Gasteiger partial charge is 0.296 e. The van der Waals surface area contributed by atoms with Crippen molar-refractivity contribution in [2.75, 3.05) is 4.90 Å². The summed E-state index contributed by atoms with van der Waals surface area (Å²) in [5.74, 6) is -1.90. The van der Waals surface area contributed by atoms with Gasteiger partial charge >= 0.3 is 6.18 Å². The van der Waals surface area contributed by atoms with E-state index in [1.54, 1.807) is 6.92 Å². The maximum absolute atomic E-state index is 12.7. The van der Waals surface area contributed by atoms with Gasteiger partial charge in [0, 0.05) is 5.71 Å². The van der Waals surface area contributed by atoms with Crippen LogP contribution in [-0.4, -0.2) is 23.6 Å². The van der Waals surface area contributed by atoms with E-state index in [-0.39, 0.29) is 5.69 Å². The van der Waals surface area contributed by atoms with Gasteiger partial charge in [-0.25, -0.2) is 4.90 Å². The van der Waals surface area contributed by atoms with Gasteiger partial charge in [0.1, 0.15) is 12.0 Å². The first-order valence-electron chi connectivity index (χ1n) is 6.15. The number of nitrogens with zero attached hydrogens (tertiary/aromatic N) is 2. The average Bonchev–Trinajstić information content (AvgIpc) is 2.90. The normalized spacial score (nSPS) is 25.0. The number of benzene rings is 1. The molecule has 1 aromatic rings. The summed E-state index contributed by atoms with van der Waals surface area (Å²) in [6, 6.07) is 3.33. The average molecular weight is 297 g/mol. The Balaban J connectivity index is 2.00. The van der Waals surface area contributed by atoms with E-state index >= 15 is 0 Å². The predicted octanol–water partition coefficient (Wildman–Crippen LogP) is 1.54. The molecule has 5 nitrogen and oxygen atoms in total. The Morgan fingerprint density at radius 1 is 1.24 bits per heavy atom. The van der Waals surface area contributed by atoms with Crippen molar-refractivity contribution in [2.24, 2.45) is 11.0 Å². The van der Waals surface area contributed by atoms with Gasteiger partial charge in [-0.05, 0) is 25.1 Å². The van der Waals surface area contributed by atoms with E-state index in [0.29, 0.717) is 5.71 Å². The summed E-state index contributed by atoms with van der Waals surface area (Å²) < 4.78 is 38.2. The van der Waals surface area contributed by atoms with Crippen molar-refractivity contribution in [3.8, 4) is 0 Å². The highest BCUT2D eigenvalue weighted by Crippen LogP contribution is 2.35. The topological polar surface area (TPSA) is 61.8 Å². The number of hydrogen-bond acceptors (Lipinski definition) is 4. The van der Waals surface area contributed by atoms with Crippen molar-refractivity contribution in [1.82, 2.24) is 5.43 Å². The van der Waals surface area contributed by atoms with Crippen LogP contribution >= 0.6 is 0 Å². The SMILES string of the molecule is CC1=NN[C@H]2C(=O)N(c3cccc(C(F)(F)F)c3)C(=O)[C@@H]12. The van der Waals surface area contributed by atoms with E-state index in [4.69, 9.17) is 0 Å². The fourth-order valence-corrected chi connectivity index (χ4v) is 2.54. The molecule has 0 radical (unpaired) electrons. The Morgan fingerprint density at radius 3 is 2.57 bits per heavy atom. The summed E-state index contributed by atoms with van der Waals surface area (Å²) in [5.41, 5.74) is 2.01. The molecule has 0 spiro atoms. The van der Waals surface area contributed by atoms with Crippen LogP contribution in [0.1, 0.15) is 12.5 Å². The number of hydrogen-bond donors (Lipinski definition) is 1. The Hall–Kier alpha value is -2.38. The molecule has 0 aliphatic carbocycles. The van der Waals surface area contributed by atoms with Crippen LogP contribution in [0, 0.1) is 5.92 Å². The molecule has 2 aliphatic heterocycles. The van der Waals surface area contributed by atoms with Crippen LogP contribution in [0.3, 0.4) is 0 Å². The first-order valence-corrected chi connectivity index (χ1v) is 6.15. The van der Waals surface area contributed by atoms with Gasteiger partial charge in [-0.2, -0.15) is 18.3 Å². The van der Waals surface area contributed by atoms with Gasteiger partial charge in [0.2, 0.25) is 5.91 Å². The van der Waals surface area contributed by atoms with Gasteiger partial charge in [-0.3, -0.25) is 15.0 Å². The molecule has 110 valence electrons. The molecule has 0 unspecified atom stereocenters. The number of anilines is 1. The third-order valence-corrected chi connectivity index (χ3v) is 3.57. The van der Waals surface area contributed by atoms with Gasteiger partial charge in [-0.15, -0.1) is 0 Å². The maximum Gasteiger partial charge on any atom is 0.416 e. The lowest BCUT2D eigenvalue weighted by molar-refractivity contribution is -0.137. The van der Waals surface area contributed by atoms with Crippen LogP contribution in [0.25, 0.3) is 0 Å². The minimum atomic E-state index is -4.53. The predicted molar refractivity (Wildman–Crippen MR) is 67.5 cm³/mol. The summed E-state index contributed by atoms with van der Waals surface area (Å²) in [7, 11) is 0. The summed E-state index contributed by atoms with van der Waals surface area (Å²) >= 11 is 0. The summed E-state index contributed by atoms with van der Waals surface area (Å²) in [6.45, 7) is 1.60. The van der Waals surface area contributed by atoms with Crippen LogP contribution in [0.15, 0.2) is 29.4 Å². The van der Waals surface area contributed by atoms with Crippen LogP contribution in [0.4, 0.5) is 18.9 Å². The van der Waals surface area contributed by atoms with Crippen LogP contribution < -0.4 is 10.3 Å². The fraction of sp³-hybridized carbons (Fsp3) is 0.308. The van der Waals surface area contributed by atoms with Gasteiger partial charge in [0.15, 0.2) is 0 Å². The Labute approximate surface area is 117 Å². The quantitative estimate of drug-likeness (QED) is 0.800. The number of fused-ring (bicyclic) bond motifs is 1. The monoisotopic (exact) mass is 297 g/mol. The molecule has 1 fully saturated rings. The van der Waals surface area contributed by atoms with E-state index in [1.165, 1.54) is 12.1 Å². The van der Waals surface area contributed by atoms with Crippen molar-refractivity contribution in [2.45, 2.75) is 19.1 Å². The van der Waals surface area contributed by atoms with E-state index in [2.05, 4.69) is 10.5 Å². The van der Waals surface area contributed by atoms with Crippen LogP contribution in [0.2, 0.25) is 0 Å². The number of imide groups is 1. The largest absolute Gasteiger partial charge is 0.416 e. The molecule has 0 bridgehead atoms. The van der Waals surface area contributed by atoms with Gasteiger partial charge in [0.05, 0.1) is 11.3 Å². The number of carbonyl (C=O) groups excluding carboxylic acids is 2. The van der Waals surface area contributed by atoms with Crippen molar-refractivity contribution < 1.29 is 22.8 Å². The molecule has 2 aliphatic rings. The van der Waals surface area contributed by atoms with Crippen LogP contribution in [0.5, 0.6) is 0 Å². The molecular weight excluding hydrogens is 287 g/mol. The zero-order valence-corrected chi connectivity index (χ0v) is 10.8. The highest BCUT2D eigenvalue weighted by atomic mass is 19.4. The molecule has 2 atom stereocenters. The van der Waals surface area contributed by atoms with Crippen molar-refractivity contribution in [3.63, 3.8) is 0 Å².